The summed E-state index contributed by atoms with van der Waals surface area (Å²) in [7, 11) is 0. The van der Waals surface area contributed by atoms with Gasteiger partial charge in [0.05, 0.1) is 9.58 Å². The van der Waals surface area contributed by atoms with E-state index in [2.05, 4.69) is 22.5 Å². The van der Waals surface area contributed by atoms with Crippen LogP contribution in [-0.4, -0.2) is 63.3 Å². The van der Waals surface area contributed by atoms with Crippen LogP contribution in [0, 0.1) is 24.2 Å². The van der Waals surface area contributed by atoms with Crippen LogP contribution in [0.1, 0.15) is 38.2 Å². The highest BCUT2D eigenvalue weighted by Crippen LogP contribution is 2.35. The van der Waals surface area contributed by atoms with Crippen molar-refractivity contribution in [2.75, 3.05) is 18.4 Å². The van der Waals surface area contributed by atoms with Crippen LogP contribution in [-0.2, 0) is 14.4 Å². The average Bonchev–Trinajstić information content (AvgIpc) is 2.88. The fraction of sp³-hybridized carbons (Fsp3) is 0.500. The molecule has 0 saturated carbocycles. The number of hydrogen-bond acceptors (Lipinski definition) is 5. The SMILES string of the molecule is C=CI=C1[C@@H](C(=O)N[C@H](C#N)C[C@@H]2CCCNC2=O)N(C(=O)[C@@H](C)Nc2cccc(Cl)c2C)CCC1(F)F. The molecule has 206 valence electrons. The van der Waals surface area contributed by atoms with Crippen molar-refractivity contribution in [3.05, 3.63) is 39.4 Å². The number of nitrogens with zero attached hydrogens (tertiary/aromatic N) is 2. The summed E-state index contributed by atoms with van der Waals surface area (Å²) in [4.78, 5) is 40.4. The van der Waals surface area contributed by atoms with Crippen molar-refractivity contribution in [3.63, 3.8) is 0 Å². The van der Waals surface area contributed by atoms with Gasteiger partial charge in [-0.25, -0.2) is 8.78 Å². The number of nitrogens with one attached hydrogen (secondary N) is 3. The second kappa shape index (κ2) is 13.0. The number of carbonyl (C=O) groups is 3. The van der Waals surface area contributed by atoms with Gasteiger partial charge in [-0.2, -0.15) is 5.26 Å². The monoisotopic (exact) mass is 661 g/mol. The largest absolute Gasteiger partial charge is 0.374 e. The maximum Gasteiger partial charge on any atom is 0.278 e. The van der Waals surface area contributed by atoms with Gasteiger partial charge in [-0.05, 0) is 54.9 Å². The molecule has 2 saturated heterocycles. The molecular formula is C26H31ClF2IN5O3. The number of benzene rings is 1. The number of amides is 3. The zero-order valence-electron chi connectivity index (χ0n) is 21.2. The Kier molecular flexibility index (Phi) is 10.2. The predicted octanol–water partition coefficient (Wildman–Crippen LogP) is 3.90. The average molecular weight is 662 g/mol. The molecule has 8 nitrogen and oxygen atoms in total. The first-order valence-electron chi connectivity index (χ1n) is 12.3. The van der Waals surface area contributed by atoms with Crippen LogP contribution in [0.5, 0.6) is 0 Å². The smallest absolute Gasteiger partial charge is 0.278 e. The predicted molar refractivity (Wildman–Crippen MR) is 151 cm³/mol. The molecule has 0 radical (unpaired) electrons. The fourth-order valence-electron chi connectivity index (χ4n) is 4.61. The number of piperidine rings is 2. The zero-order chi connectivity index (χ0) is 28.0. The topological polar surface area (TPSA) is 114 Å². The summed E-state index contributed by atoms with van der Waals surface area (Å²) in [5.74, 6) is -5.32. The van der Waals surface area contributed by atoms with E-state index in [1.165, 1.54) is 4.08 Å². The Labute approximate surface area is 235 Å². The molecule has 0 unspecified atom stereocenters. The first-order chi connectivity index (χ1) is 18.0. The van der Waals surface area contributed by atoms with Crippen LogP contribution in [0.25, 0.3) is 0 Å². The summed E-state index contributed by atoms with van der Waals surface area (Å²) in [6.07, 6.45) is 0.761. The standard InChI is InChI=1S/C26H31ClF2IN5O3/c1-4-30-22-21(24(37)34-18(14-31)13-17-7-6-11-32-23(17)36)35(12-10-26(22,28)29)25(38)16(3)33-20-9-5-8-19(27)15(20)2/h4-5,8-9,16-18,21,33H,1,6-7,10-13H2,2-3H3,(H,32,36)(H,34,37)/t16-,17+,18+,21+/m1/s1. The maximum atomic E-state index is 15.1. The third-order valence-corrected chi connectivity index (χ3v) is 9.60. The summed E-state index contributed by atoms with van der Waals surface area (Å²) in [6.45, 7) is 7.19. The third kappa shape index (κ3) is 6.88. The molecule has 3 rings (SSSR count). The second-order valence-corrected chi connectivity index (χ2v) is 12.4. The van der Waals surface area contributed by atoms with Crippen LogP contribution >= 0.6 is 32.3 Å². The van der Waals surface area contributed by atoms with Crippen LogP contribution in [0.3, 0.4) is 0 Å². The van der Waals surface area contributed by atoms with E-state index in [4.69, 9.17) is 11.6 Å². The first-order valence-corrected chi connectivity index (χ1v) is 15.0. The molecule has 0 aliphatic carbocycles. The molecule has 1 aromatic carbocycles. The molecule has 0 aromatic heterocycles. The molecule has 3 amide bonds. The van der Waals surface area contributed by atoms with Crippen molar-refractivity contribution >= 4 is 59.2 Å². The quantitative estimate of drug-likeness (QED) is 0.366. The number of anilines is 1. The molecule has 38 heavy (non-hydrogen) atoms. The first kappa shape index (κ1) is 30.0. The van der Waals surface area contributed by atoms with Crippen molar-refractivity contribution in [1.29, 1.82) is 5.26 Å². The van der Waals surface area contributed by atoms with Gasteiger partial charge in [-0.3, -0.25) is 14.4 Å². The summed E-state index contributed by atoms with van der Waals surface area (Å²) in [5.41, 5.74) is 1.33. The summed E-state index contributed by atoms with van der Waals surface area (Å²) in [6, 6.07) is 3.67. The molecular weight excluding hydrogens is 631 g/mol. The molecule has 12 heteroatoms. The number of alkyl halides is 2. The van der Waals surface area contributed by atoms with Gasteiger partial charge in [-0.1, -0.05) is 45.0 Å². The Morgan fingerprint density at radius 2 is 2.18 bits per heavy atom. The highest BCUT2D eigenvalue weighted by atomic mass is 127. The Hall–Kier alpha value is -2.59. The fourth-order valence-corrected chi connectivity index (χ4v) is 6.94. The molecule has 2 heterocycles. The van der Waals surface area contributed by atoms with E-state index >= 15 is 8.78 Å². The number of hydrogen-bond donors (Lipinski definition) is 3. The molecule has 1 aromatic rings. The van der Waals surface area contributed by atoms with E-state index in [-0.39, 0.29) is 22.4 Å². The van der Waals surface area contributed by atoms with Gasteiger partial charge in [0.2, 0.25) is 17.7 Å². The van der Waals surface area contributed by atoms with Gasteiger partial charge in [0.1, 0.15) is 18.1 Å². The Morgan fingerprint density at radius 1 is 1.45 bits per heavy atom. The number of halogens is 4. The Bertz CT molecular complexity index is 1170. The minimum Gasteiger partial charge on any atom is -0.374 e. The molecule has 2 fully saturated rings. The molecule has 0 spiro atoms. The van der Waals surface area contributed by atoms with Gasteiger partial charge in [-0.15, -0.1) is 0 Å². The lowest BCUT2D eigenvalue weighted by Crippen LogP contribution is -2.64. The number of carbonyl (C=O) groups excluding carboxylic acids is 3. The van der Waals surface area contributed by atoms with Crippen molar-refractivity contribution in [2.24, 2.45) is 5.92 Å². The minimum absolute atomic E-state index is 0.0585. The van der Waals surface area contributed by atoms with Gasteiger partial charge < -0.3 is 20.9 Å². The molecule has 2 aliphatic rings. The number of rotatable bonds is 8. The summed E-state index contributed by atoms with van der Waals surface area (Å²) < 4.78 is 31.2. The highest BCUT2D eigenvalue weighted by Gasteiger charge is 2.51. The third-order valence-electron chi connectivity index (χ3n) is 6.70. The van der Waals surface area contributed by atoms with Crippen LogP contribution in [0.2, 0.25) is 5.02 Å². The normalized spacial score (nSPS) is 23.7. The van der Waals surface area contributed by atoms with Crippen molar-refractivity contribution in [2.45, 2.75) is 63.6 Å². The van der Waals surface area contributed by atoms with E-state index in [1.807, 2.05) is 6.07 Å². The van der Waals surface area contributed by atoms with Gasteiger partial charge in [0.15, 0.2) is 0 Å². The lowest BCUT2D eigenvalue weighted by atomic mass is 9.91. The van der Waals surface area contributed by atoms with Crippen LogP contribution < -0.4 is 16.0 Å². The van der Waals surface area contributed by atoms with Crippen molar-refractivity contribution in [3.8, 4) is 6.07 Å². The number of nitriles is 1. The highest BCUT2D eigenvalue weighted by molar-refractivity contribution is 14.2. The van der Waals surface area contributed by atoms with E-state index in [0.717, 1.165) is 16.9 Å². The van der Waals surface area contributed by atoms with E-state index in [1.54, 1.807) is 32.0 Å². The number of likely N-dealkylation sites (tertiary alicyclic amines) is 1. The zero-order valence-corrected chi connectivity index (χ0v) is 24.1. The van der Waals surface area contributed by atoms with Crippen molar-refractivity contribution in [1.82, 2.24) is 15.5 Å². The second-order valence-electron chi connectivity index (χ2n) is 9.33. The van der Waals surface area contributed by atoms with Crippen LogP contribution in [0.4, 0.5) is 14.5 Å². The van der Waals surface area contributed by atoms with E-state index < -0.39 is 68.9 Å². The minimum atomic E-state index is -3.26. The lowest BCUT2D eigenvalue weighted by molar-refractivity contribution is -0.141. The summed E-state index contributed by atoms with van der Waals surface area (Å²) >= 11 is 4.73. The van der Waals surface area contributed by atoms with Crippen molar-refractivity contribution < 1.29 is 23.2 Å². The van der Waals surface area contributed by atoms with Gasteiger partial charge in [0.25, 0.3) is 5.92 Å². The van der Waals surface area contributed by atoms with Gasteiger partial charge >= 0.3 is 0 Å². The Balaban J connectivity index is 1.86. The maximum absolute atomic E-state index is 15.1. The Morgan fingerprint density at radius 3 is 2.84 bits per heavy atom. The molecule has 4 atom stereocenters. The lowest BCUT2D eigenvalue weighted by Gasteiger charge is -2.41. The van der Waals surface area contributed by atoms with Gasteiger partial charge in [0, 0.05) is 36.1 Å². The summed E-state index contributed by atoms with van der Waals surface area (Å²) in [5, 5.41) is 18.5. The molecule has 0 bridgehead atoms. The molecule has 2 aliphatic heterocycles. The van der Waals surface area contributed by atoms with Crippen LogP contribution in [0.15, 0.2) is 28.9 Å². The molecule has 3 N–H and O–H groups in total. The van der Waals surface area contributed by atoms with E-state index in [9.17, 15) is 19.6 Å². The van der Waals surface area contributed by atoms with E-state index in [0.29, 0.717) is 23.7 Å².